The van der Waals surface area contributed by atoms with Crippen LogP contribution in [0.3, 0.4) is 0 Å². The van der Waals surface area contributed by atoms with Crippen molar-refractivity contribution in [2.24, 2.45) is 0 Å². The van der Waals surface area contributed by atoms with Gasteiger partial charge in [0.1, 0.15) is 4.90 Å². The summed E-state index contributed by atoms with van der Waals surface area (Å²) in [5.41, 5.74) is 1.77. The van der Waals surface area contributed by atoms with Gasteiger partial charge in [-0.3, -0.25) is 0 Å². The molecule has 0 amide bonds. The van der Waals surface area contributed by atoms with Gasteiger partial charge in [0, 0.05) is 20.1 Å². The maximum atomic E-state index is 12.3. The van der Waals surface area contributed by atoms with Crippen LogP contribution in [0.15, 0.2) is 46.0 Å². The predicted molar refractivity (Wildman–Crippen MR) is 83.7 cm³/mol. The van der Waals surface area contributed by atoms with Crippen molar-refractivity contribution in [2.75, 3.05) is 19.4 Å². The average Bonchev–Trinajstić information content (AvgIpc) is 2.93. The van der Waals surface area contributed by atoms with Crippen molar-refractivity contribution in [3.63, 3.8) is 0 Å². The first-order chi connectivity index (χ1) is 9.43. The first kappa shape index (κ1) is 15.0. The number of nitrogens with zero attached hydrogens (tertiary/aromatic N) is 1. The van der Waals surface area contributed by atoms with Gasteiger partial charge >= 0.3 is 0 Å². The van der Waals surface area contributed by atoms with Crippen LogP contribution in [-0.2, 0) is 10.0 Å². The topological polar surface area (TPSA) is 49.4 Å². The molecule has 2 rings (SSSR count). The van der Waals surface area contributed by atoms with E-state index < -0.39 is 10.0 Å². The van der Waals surface area contributed by atoms with Crippen molar-refractivity contribution in [2.45, 2.75) is 17.9 Å². The molecule has 2 aromatic rings. The summed E-state index contributed by atoms with van der Waals surface area (Å²) in [5.74, 6) is 0. The number of rotatable bonds is 5. The first-order valence-corrected chi connectivity index (χ1v) is 8.61. The molecule has 1 N–H and O–H groups in total. The van der Waals surface area contributed by atoms with E-state index >= 15 is 0 Å². The maximum absolute atomic E-state index is 12.3. The van der Waals surface area contributed by atoms with Gasteiger partial charge in [0.15, 0.2) is 0 Å². The fourth-order valence-corrected chi connectivity index (χ4v) is 3.65. The largest absolute Gasteiger partial charge is 0.377 e. The molecule has 0 aliphatic rings. The molecule has 0 bridgehead atoms. The minimum absolute atomic E-state index is 0.0553. The van der Waals surface area contributed by atoms with Gasteiger partial charge in [0.25, 0.3) is 0 Å². The van der Waals surface area contributed by atoms with Crippen LogP contribution in [0, 0.1) is 0 Å². The van der Waals surface area contributed by atoms with Gasteiger partial charge in [-0.1, -0.05) is 12.1 Å². The molecule has 0 spiro atoms. The third kappa shape index (κ3) is 3.03. The summed E-state index contributed by atoms with van der Waals surface area (Å²) in [5, 5.41) is 7.34. The van der Waals surface area contributed by atoms with Crippen LogP contribution in [0.2, 0.25) is 0 Å². The smallest absolute Gasteiger partial charge is 0.244 e. The standard InChI is InChI=1S/C14H18N2O2S2/c1-11(12-8-9-19-10-12)15-13-6-4-5-7-14(13)20(17,18)16(2)3/h4-11,15H,1-3H3. The van der Waals surface area contributed by atoms with E-state index in [9.17, 15) is 8.42 Å². The zero-order chi connectivity index (χ0) is 14.8. The number of para-hydroxylation sites is 1. The molecule has 0 saturated heterocycles. The second-order valence-electron chi connectivity index (χ2n) is 4.71. The molecule has 0 aliphatic carbocycles. The van der Waals surface area contributed by atoms with E-state index in [1.807, 2.05) is 24.4 Å². The normalized spacial score (nSPS) is 13.4. The van der Waals surface area contributed by atoms with Crippen LogP contribution in [0.1, 0.15) is 18.5 Å². The molecule has 1 atom stereocenters. The van der Waals surface area contributed by atoms with Crippen LogP contribution >= 0.6 is 11.3 Å². The molecule has 1 heterocycles. The Hall–Kier alpha value is -1.37. The fraction of sp³-hybridized carbons (Fsp3) is 0.286. The number of thiophene rings is 1. The Kier molecular flexibility index (Phi) is 4.47. The highest BCUT2D eigenvalue weighted by atomic mass is 32.2. The molecule has 1 aromatic heterocycles. The minimum Gasteiger partial charge on any atom is -0.377 e. The summed E-state index contributed by atoms with van der Waals surface area (Å²) < 4.78 is 25.8. The summed E-state index contributed by atoms with van der Waals surface area (Å²) in [6.07, 6.45) is 0. The number of benzene rings is 1. The minimum atomic E-state index is -3.45. The highest BCUT2D eigenvalue weighted by molar-refractivity contribution is 7.89. The number of sulfonamides is 1. The molecule has 6 heteroatoms. The lowest BCUT2D eigenvalue weighted by Gasteiger charge is -2.19. The second-order valence-corrected chi connectivity index (χ2v) is 7.61. The Morgan fingerprint density at radius 1 is 1.20 bits per heavy atom. The highest BCUT2D eigenvalue weighted by Gasteiger charge is 2.21. The number of hydrogen-bond donors (Lipinski definition) is 1. The first-order valence-electron chi connectivity index (χ1n) is 6.23. The molecule has 108 valence electrons. The van der Waals surface area contributed by atoms with Crippen LogP contribution in [0.5, 0.6) is 0 Å². The maximum Gasteiger partial charge on any atom is 0.244 e. The van der Waals surface area contributed by atoms with Crippen molar-refractivity contribution in [1.29, 1.82) is 0 Å². The van der Waals surface area contributed by atoms with Crippen molar-refractivity contribution in [3.8, 4) is 0 Å². The van der Waals surface area contributed by atoms with E-state index in [0.717, 1.165) is 5.56 Å². The Morgan fingerprint density at radius 3 is 2.50 bits per heavy atom. The van der Waals surface area contributed by atoms with Gasteiger partial charge in [-0.05, 0) is 41.4 Å². The van der Waals surface area contributed by atoms with Crippen LogP contribution < -0.4 is 5.32 Å². The van der Waals surface area contributed by atoms with Crippen LogP contribution in [-0.4, -0.2) is 26.8 Å². The molecular weight excluding hydrogens is 292 g/mol. The summed E-state index contributed by atoms with van der Waals surface area (Å²) in [6, 6.07) is 9.07. The van der Waals surface area contributed by atoms with Crippen molar-refractivity contribution in [3.05, 3.63) is 46.7 Å². The van der Waals surface area contributed by atoms with E-state index in [1.165, 1.54) is 18.4 Å². The SMILES string of the molecule is CC(Nc1ccccc1S(=O)(=O)N(C)C)c1ccsc1. The van der Waals surface area contributed by atoms with Gasteiger partial charge in [0.05, 0.1) is 5.69 Å². The van der Waals surface area contributed by atoms with E-state index in [1.54, 1.807) is 29.5 Å². The molecular formula is C14H18N2O2S2. The summed E-state index contributed by atoms with van der Waals surface area (Å²) in [7, 11) is -0.376. The van der Waals surface area contributed by atoms with Gasteiger partial charge in [-0.2, -0.15) is 11.3 Å². The Morgan fingerprint density at radius 2 is 1.90 bits per heavy atom. The Bertz CT molecular complexity index is 664. The summed E-state index contributed by atoms with van der Waals surface area (Å²) in [4.78, 5) is 0.298. The van der Waals surface area contributed by atoms with E-state index in [2.05, 4.69) is 10.7 Å². The lowest BCUT2D eigenvalue weighted by atomic mass is 10.1. The number of nitrogens with one attached hydrogen (secondary N) is 1. The van der Waals surface area contributed by atoms with Crippen molar-refractivity contribution >= 4 is 27.0 Å². The van der Waals surface area contributed by atoms with Gasteiger partial charge in [-0.15, -0.1) is 0 Å². The average molecular weight is 310 g/mol. The Labute approximate surface area is 124 Å². The molecule has 0 saturated carbocycles. The van der Waals surface area contributed by atoms with Gasteiger partial charge in [0.2, 0.25) is 10.0 Å². The molecule has 4 nitrogen and oxygen atoms in total. The molecule has 0 radical (unpaired) electrons. The third-order valence-corrected chi connectivity index (χ3v) is 5.64. The van der Waals surface area contributed by atoms with Gasteiger partial charge in [-0.25, -0.2) is 12.7 Å². The predicted octanol–water partition coefficient (Wildman–Crippen LogP) is 3.17. The van der Waals surface area contributed by atoms with Crippen LogP contribution in [0.25, 0.3) is 0 Å². The molecule has 0 fully saturated rings. The monoisotopic (exact) mass is 310 g/mol. The summed E-state index contributed by atoms with van der Waals surface area (Å²) in [6.45, 7) is 2.01. The lowest BCUT2D eigenvalue weighted by Crippen LogP contribution is -2.23. The van der Waals surface area contributed by atoms with E-state index in [4.69, 9.17) is 0 Å². The van der Waals surface area contributed by atoms with E-state index in [0.29, 0.717) is 10.6 Å². The molecule has 1 aromatic carbocycles. The van der Waals surface area contributed by atoms with Gasteiger partial charge < -0.3 is 5.32 Å². The lowest BCUT2D eigenvalue weighted by molar-refractivity contribution is 0.521. The van der Waals surface area contributed by atoms with Crippen molar-refractivity contribution in [1.82, 2.24) is 4.31 Å². The second kappa shape index (κ2) is 5.95. The number of anilines is 1. The molecule has 0 aliphatic heterocycles. The van der Waals surface area contributed by atoms with Crippen molar-refractivity contribution < 1.29 is 8.42 Å². The molecule has 1 unspecified atom stereocenters. The third-order valence-electron chi connectivity index (χ3n) is 3.06. The fourth-order valence-electron chi connectivity index (χ4n) is 1.85. The zero-order valence-corrected chi connectivity index (χ0v) is 13.3. The number of hydrogen-bond acceptors (Lipinski definition) is 4. The van der Waals surface area contributed by atoms with Crippen LogP contribution in [0.4, 0.5) is 5.69 Å². The molecule has 20 heavy (non-hydrogen) atoms. The van der Waals surface area contributed by atoms with E-state index in [-0.39, 0.29) is 6.04 Å². The zero-order valence-electron chi connectivity index (χ0n) is 11.7. The quantitative estimate of drug-likeness (QED) is 0.923. The Balaban J connectivity index is 2.34. The highest BCUT2D eigenvalue weighted by Crippen LogP contribution is 2.27. The summed E-state index contributed by atoms with van der Waals surface area (Å²) >= 11 is 1.63.